The van der Waals surface area contributed by atoms with E-state index in [9.17, 15) is 10.1 Å². The molecule has 2 unspecified atom stereocenters. The number of nitro groups is 1. The van der Waals surface area contributed by atoms with E-state index in [0.29, 0.717) is 5.92 Å². The molecule has 1 saturated heterocycles. The summed E-state index contributed by atoms with van der Waals surface area (Å²) in [6.45, 7) is 6.18. The summed E-state index contributed by atoms with van der Waals surface area (Å²) in [4.78, 5) is 13.4. The number of piperidine rings is 1. The molecule has 6 heteroatoms. The lowest BCUT2D eigenvalue weighted by molar-refractivity contribution is -0.386. The molecule has 116 valence electrons. The molecule has 2 atom stereocenters. The summed E-state index contributed by atoms with van der Waals surface area (Å²) in [5, 5.41) is 11.4. The number of hydrogen-bond acceptors (Lipinski definition) is 4. The van der Waals surface area contributed by atoms with Crippen LogP contribution in [0, 0.1) is 16.0 Å². The van der Waals surface area contributed by atoms with Crippen LogP contribution in [0.4, 0.5) is 5.69 Å². The van der Waals surface area contributed by atoms with E-state index in [1.165, 1.54) is 0 Å². The van der Waals surface area contributed by atoms with Crippen LogP contribution in [0.5, 0.6) is 0 Å². The van der Waals surface area contributed by atoms with Crippen LogP contribution in [0.15, 0.2) is 22.7 Å². The summed E-state index contributed by atoms with van der Waals surface area (Å²) >= 11 is 3.31. The standard InChI is InChI=1S/C15H22BrN3O2/c1-10(2)9-18-7-3-4-13(17)15(18)12-6-5-11(16)8-14(12)19(20)21/h5-6,8,10,13,15H,3-4,7,9,17H2,1-2H3. The highest BCUT2D eigenvalue weighted by Gasteiger charge is 2.34. The van der Waals surface area contributed by atoms with Gasteiger partial charge in [-0.05, 0) is 37.4 Å². The van der Waals surface area contributed by atoms with Gasteiger partial charge in [-0.2, -0.15) is 0 Å². The second kappa shape index (κ2) is 6.85. The third kappa shape index (κ3) is 3.81. The first-order valence-electron chi connectivity index (χ1n) is 7.33. The van der Waals surface area contributed by atoms with Crippen molar-refractivity contribution in [2.75, 3.05) is 13.1 Å². The third-order valence-electron chi connectivity index (χ3n) is 3.89. The molecule has 0 radical (unpaired) electrons. The Hall–Kier alpha value is -0.980. The molecule has 2 rings (SSSR count). The van der Waals surface area contributed by atoms with Gasteiger partial charge in [0, 0.05) is 28.7 Å². The fourth-order valence-electron chi connectivity index (χ4n) is 3.12. The highest BCUT2D eigenvalue weighted by molar-refractivity contribution is 9.10. The molecule has 1 aromatic rings. The van der Waals surface area contributed by atoms with E-state index >= 15 is 0 Å². The number of benzene rings is 1. The molecule has 1 fully saturated rings. The van der Waals surface area contributed by atoms with E-state index in [-0.39, 0.29) is 22.7 Å². The summed E-state index contributed by atoms with van der Waals surface area (Å²) in [5.41, 5.74) is 7.19. The zero-order valence-electron chi connectivity index (χ0n) is 12.5. The summed E-state index contributed by atoms with van der Waals surface area (Å²) in [6.07, 6.45) is 1.96. The fraction of sp³-hybridized carbons (Fsp3) is 0.600. The molecular formula is C15H22BrN3O2. The van der Waals surface area contributed by atoms with E-state index in [0.717, 1.165) is 36.0 Å². The first-order valence-corrected chi connectivity index (χ1v) is 8.13. The molecule has 5 nitrogen and oxygen atoms in total. The van der Waals surface area contributed by atoms with E-state index in [1.807, 2.05) is 12.1 Å². The van der Waals surface area contributed by atoms with Crippen molar-refractivity contribution in [1.82, 2.24) is 4.90 Å². The Labute approximate surface area is 133 Å². The molecule has 2 N–H and O–H groups in total. The maximum atomic E-state index is 11.4. The van der Waals surface area contributed by atoms with E-state index < -0.39 is 0 Å². The number of hydrogen-bond donors (Lipinski definition) is 1. The Kier molecular flexibility index (Phi) is 5.35. The van der Waals surface area contributed by atoms with Crippen LogP contribution >= 0.6 is 15.9 Å². The Morgan fingerprint density at radius 2 is 2.24 bits per heavy atom. The molecule has 0 aliphatic carbocycles. The zero-order valence-corrected chi connectivity index (χ0v) is 14.0. The smallest absolute Gasteiger partial charge is 0.275 e. The van der Waals surface area contributed by atoms with Gasteiger partial charge < -0.3 is 5.73 Å². The number of nitro benzene ring substituents is 1. The summed E-state index contributed by atoms with van der Waals surface area (Å²) < 4.78 is 0.720. The van der Waals surface area contributed by atoms with Gasteiger partial charge in [0.1, 0.15) is 0 Å². The second-order valence-electron chi connectivity index (χ2n) is 6.10. The molecule has 0 bridgehead atoms. The Morgan fingerprint density at radius 3 is 2.86 bits per heavy atom. The molecule has 1 aliphatic heterocycles. The molecule has 1 aliphatic rings. The van der Waals surface area contributed by atoms with Crippen LogP contribution in [-0.4, -0.2) is 29.0 Å². The second-order valence-corrected chi connectivity index (χ2v) is 7.02. The van der Waals surface area contributed by atoms with Crippen molar-refractivity contribution in [3.05, 3.63) is 38.3 Å². The lowest BCUT2D eigenvalue weighted by Crippen LogP contribution is -2.47. The van der Waals surface area contributed by atoms with Gasteiger partial charge in [0.2, 0.25) is 0 Å². The van der Waals surface area contributed by atoms with Gasteiger partial charge in [0.15, 0.2) is 0 Å². The first kappa shape index (κ1) is 16.4. The minimum Gasteiger partial charge on any atom is -0.326 e. The van der Waals surface area contributed by atoms with Gasteiger partial charge in [0.25, 0.3) is 5.69 Å². The van der Waals surface area contributed by atoms with Crippen LogP contribution in [0.25, 0.3) is 0 Å². The first-order chi connectivity index (χ1) is 9.90. The van der Waals surface area contributed by atoms with Crippen molar-refractivity contribution < 1.29 is 4.92 Å². The highest BCUT2D eigenvalue weighted by atomic mass is 79.9. The number of halogens is 1. The molecule has 21 heavy (non-hydrogen) atoms. The normalized spacial score (nSPS) is 23.5. The molecule has 0 spiro atoms. The van der Waals surface area contributed by atoms with Gasteiger partial charge in [-0.3, -0.25) is 15.0 Å². The number of rotatable bonds is 4. The maximum Gasteiger partial charge on any atom is 0.275 e. The van der Waals surface area contributed by atoms with Gasteiger partial charge in [0.05, 0.1) is 11.0 Å². The topological polar surface area (TPSA) is 72.4 Å². The van der Waals surface area contributed by atoms with Crippen molar-refractivity contribution in [2.45, 2.75) is 38.8 Å². The predicted molar refractivity (Wildman–Crippen MR) is 87.2 cm³/mol. The van der Waals surface area contributed by atoms with Crippen molar-refractivity contribution in [3.8, 4) is 0 Å². The quantitative estimate of drug-likeness (QED) is 0.662. The molecule has 1 heterocycles. The number of nitrogens with two attached hydrogens (primary N) is 1. The average Bonchev–Trinajstić information content (AvgIpc) is 2.39. The Morgan fingerprint density at radius 1 is 1.52 bits per heavy atom. The molecule has 1 aromatic carbocycles. The SMILES string of the molecule is CC(C)CN1CCCC(N)C1c1ccc(Br)cc1[N+](=O)[O-]. The highest BCUT2D eigenvalue weighted by Crippen LogP contribution is 2.37. The predicted octanol–water partition coefficient (Wildman–Crippen LogP) is 3.48. The van der Waals surface area contributed by atoms with Crippen LogP contribution < -0.4 is 5.73 Å². The van der Waals surface area contributed by atoms with Gasteiger partial charge in [-0.15, -0.1) is 0 Å². The van der Waals surface area contributed by atoms with Crippen molar-refractivity contribution in [2.24, 2.45) is 11.7 Å². The van der Waals surface area contributed by atoms with Crippen molar-refractivity contribution >= 4 is 21.6 Å². The minimum absolute atomic E-state index is 0.0580. The minimum atomic E-state index is -0.311. The number of likely N-dealkylation sites (tertiary alicyclic amines) is 1. The van der Waals surface area contributed by atoms with E-state index in [2.05, 4.69) is 34.7 Å². The van der Waals surface area contributed by atoms with E-state index in [4.69, 9.17) is 5.73 Å². The Bertz CT molecular complexity index is 522. The molecular weight excluding hydrogens is 334 g/mol. The van der Waals surface area contributed by atoms with Crippen molar-refractivity contribution in [3.63, 3.8) is 0 Å². The van der Waals surface area contributed by atoms with Crippen LogP contribution in [0.3, 0.4) is 0 Å². The third-order valence-corrected chi connectivity index (χ3v) is 4.38. The van der Waals surface area contributed by atoms with E-state index in [1.54, 1.807) is 6.07 Å². The monoisotopic (exact) mass is 355 g/mol. The summed E-state index contributed by atoms with van der Waals surface area (Å²) in [6, 6.07) is 5.14. The molecule has 0 aromatic heterocycles. The fourth-order valence-corrected chi connectivity index (χ4v) is 3.47. The van der Waals surface area contributed by atoms with Crippen molar-refractivity contribution in [1.29, 1.82) is 0 Å². The summed E-state index contributed by atoms with van der Waals surface area (Å²) in [7, 11) is 0. The summed E-state index contributed by atoms with van der Waals surface area (Å²) in [5.74, 6) is 0.507. The van der Waals surface area contributed by atoms with Gasteiger partial charge in [-0.1, -0.05) is 29.8 Å². The molecule has 0 amide bonds. The lowest BCUT2D eigenvalue weighted by Gasteiger charge is -2.40. The van der Waals surface area contributed by atoms with Gasteiger partial charge >= 0.3 is 0 Å². The largest absolute Gasteiger partial charge is 0.326 e. The maximum absolute atomic E-state index is 11.4. The lowest BCUT2D eigenvalue weighted by atomic mass is 9.89. The zero-order chi connectivity index (χ0) is 15.6. The number of nitrogens with zero attached hydrogens (tertiary/aromatic N) is 2. The van der Waals surface area contributed by atoms with Crippen LogP contribution in [0.2, 0.25) is 0 Å². The van der Waals surface area contributed by atoms with Crippen LogP contribution in [0.1, 0.15) is 38.3 Å². The molecule has 0 saturated carbocycles. The Balaban J connectivity index is 2.42. The van der Waals surface area contributed by atoms with Crippen LogP contribution in [-0.2, 0) is 0 Å². The average molecular weight is 356 g/mol. The van der Waals surface area contributed by atoms with Gasteiger partial charge in [-0.25, -0.2) is 0 Å².